The Hall–Kier alpha value is -0.880. The third-order valence-corrected chi connectivity index (χ3v) is 3.47. The SMILES string of the molecule is CC[C@@H](c1ccc([N+](=O)[O-])cc1)N1CCNCC1.Cl.Cl. The Labute approximate surface area is 131 Å². The summed E-state index contributed by atoms with van der Waals surface area (Å²) in [7, 11) is 0. The summed E-state index contributed by atoms with van der Waals surface area (Å²) in [5.74, 6) is 0. The van der Waals surface area contributed by atoms with Gasteiger partial charge in [0.15, 0.2) is 0 Å². The molecule has 2 rings (SSSR count). The molecule has 1 aromatic carbocycles. The highest BCUT2D eigenvalue weighted by molar-refractivity contribution is 5.85. The largest absolute Gasteiger partial charge is 0.314 e. The van der Waals surface area contributed by atoms with Gasteiger partial charge in [0.2, 0.25) is 0 Å². The number of nitro benzene ring substituents is 1. The molecule has 1 atom stereocenters. The van der Waals surface area contributed by atoms with Crippen LogP contribution in [0.4, 0.5) is 5.69 Å². The van der Waals surface area contributed by atoms with E-state index in [-0.39, 0.29) is 35.4 Å². The first-order valence-corrected chi connectivity index (χ1v) is 6.41. The molecule has 1 aliphatic rings. The minimum absolute atomic E-state index is 0. The predicted molar refractivity (Wildman–Crippen MR) is 85.1 cm³/mol. The molecule has 0 amide bonds. The third-order valence-electron chi connectivity index (χ3n) is 3.47. The molecule has 0 radical (unpaired) electrons. The lowest BCUT2D eigenvalue weighted by atomic mass is 10.0. The number of hydrogen-bond acceptors (Lipinski definition) is 4. The van der Waals surface area contributed by atoms with Gasteiger partial charge in [-0.2, -0.15) is 0 Å². The van der Waals surface area contributed by atoms with Crippen molar-refractivity contribution in [2.45, 2.75) is 19.4 Å². The van der Waals surface area contributed by atoms with Crippen molar-refractivity contribution in [3.05, 3.63) is 39.9 Å². The number of hydrogen-bond donors (Lipinski definition) is 1. The first kappa shape index (κ1) is 19.1. The van der Waals surface area contributed by atoms with Gasteiger partial charge in [-0.1, -0.05) is 19.1 Å². The smallest absolute Gasteiger partial charge is 0.269 e. The lowest BCUT2D eigenvalue weighted by Gasteiger charge is -2.34. The standard InChI is InChI=1S/C13H19N3O2.2ClH/c1-2-13(15-9-7-14-8-10-15)11-3-5-12(6-4-11)16(17)18;;/h3-6,13-14H,2,7-10H2,1H3;2*1H/t13-;;/m0../s1. The second-order valence-electron chi connectivity index (χ2n) is 4.56. The fourth-order valence-electron chi connectivity index (χ4n) is 2.52. The number of nitro groups is 1. The number of halogens is 2. The predicted octanol–water partition coefficient (Wildman–Crippen LogP) is 2.79. The molecule has 0 aliphatic carbocycles. The van der Waals surface area contributed by atoms with E-state index in [1.54, 1.807) is 12.1 Å². The number of benzene rings is 1. The molecule has 1 heterocycles. The maximum atomic E-state index is 10.6. The van der Waals surface area contributed by atoms with Gasteiger partial charge in [0, 0.05) is 44.4 Å². The summed E-state index contributed by atoms with van der Waals surface area (Å²) in [6, 6.07) is 7.33. The van der Waals surface area contributed by atoms with Crippen LogP contribution in [0, 0.1) is 10.1 Å². The van der Waals surface area contributed by atoms with Crippen LogP contribution in [-0.4, -0.2) is 36.0 Å². The Balaban J connectivity index is 0.00000180. The molecule has 0 spiro atoms. The van der Waals surface area contributed by atoms with Crippen LogP contribution in [0.15, 0.2) is 24.3 Å². The minimum Gasteiger partial charge on any atom is -0.314 e. The summed E-state index contributed by atoms with van der Waals surface area (Å²) in [5, 5.41) is 14.0. The van der Waals surface area contributed by atoms with E-state index >= 15 is 0 Å². The topological polar surface area (TPSA) is 58.4 Å². The van der Waals surface area contributed by atoms with Gasteiger partial charge in [-0.3, -0.25) is 15.0 Å². The lowest BCUT2D eigenvalue weighted by molar-refractivity contribution is -0.384. The molecule has 114 valence electrons. The summed E-state index contributed by atoms with van der Waals surface area (Å²) in [6.45, 7) is 6.27. The van der Waals surface area contributed by atoms with Gasteiger partial charge in [-0.25, -0.2) is 0 Å². The van der Waals surface area contributed by atoms with Gasteiger partial charge >= 0.3 is 0 Å². The highest BCUT2D eigenvalue weighted by Gasteiger charge is 2.20. The average molecular weight is 322 g/mol. The third kappa shape index (κ3) is 4.59. The summed E-state index contributed by atoms with van der Waals surface area (Å²) in [5.41, 5.74) is 1.33. The maximum absolute atomic E-state index is 10.6. The van der Waals surface area contributed by atoms with Crippen LogP contribution in [0.2, 0.25) is 0 Å². The molecule has 1 aromatic rings. The summed E-state index contributed by atoms with van der Waals surface area (Å²) in [6.07, 6.45) is 1.03. The van der Waals surface area contributed by atoms with Crippen LogP contribution in [0.5, 0.6) is 0 Å². The van der Waals surface area contributed by atoms with Crippen molar-refractivity contribution < 1.29 is 4.92 Å². The number of piperazine rings is 1. The number of non-ortho nitro benzene ring substituents is 1. The summed E-state index contributed by atoms with van der Waals surface area (Å²) in [4.78, 5) is 12.7. The van der Waals surface area contributed by atoms with Crippen LogP contribution in [0.1, 0.15) is 24.9 Å². The maximum Gasteiger partial charge on any atom is 0.269 e. The summed E-state index contributed by atoms with van der Waals surface area (Å²) >= 11 is 0. The Morgan fingerprint density at radius 1 is 1.25 bits per heavy atom. The number of nitrogens with one attached hydrogen (secondary N) is 1. The fraction of sp³-hybridized carbons (Fsp3) is 0.538. The molecule has 1 N–H and O–H groups in total. The van der Waals surface area contributed by atoms with Gasteiger partial charge in [-0.15, -0.1) is 24.8 Å². The van der Waals surface area contributed by atoms with Crippen LogP contribution >= 0.6 is 24.8 Å². The molecule has 1 aliphatic heterocycles. The van der Waals surface area contributed by atoms with E-state index in [4.69, 9.17) is 0 Å². The molecule has 1 saturated heterocycles. The molecule has 0 bridgehead atoms. The molecule has 5 nitrogen and oxygen atoms in total. The van der Waals surface area contributed by atoms with E-state index in [2.05, 4.69) is 17.1 Å². The highest BCUT2D eigenvalue weighted by Crippen LogP contribution is 2.26. The van der Waals surface area contributed by atoms with Crippen molar-refractivity contribution in [2.75, 3.05) is 26.2 Å². The molecule has 0 unspecified atom stereocenters. The molecular formula is C13H21Cl2N3O2. The van der Waals surface area contributed by atoms with Crippen molar-refractivity contribution in [1.82, 2.24) is 10.2 Å². The van der Waals surface area contributed by atoms with Gasteiger partial charge < -0.3 is 5.32 Å². The van der Waals surface area contributed by atoms with E-state index in [0.717, 1.165) is 32.6 Å². The van der Waals surface area contributed by atoms with Crippen LogP contribution < -0.4 is 5.32 Å². The second-order valence-corrected chi connectivity index (χ2v) is 4.56. The molecule has 1 fully saturated rings. The van der Waals surface area contributed by atoms with Gasteiger partial charge in [-0.05, 0) is 12.0 Å². The van der Waals surface area contributed by atoms with E-state index in [0.29, 0.717) is 6.04 Å². The molecule has 7 heteroatoms. The number of nitrogens with zero attached hydrogens (tertiary/aromatic N) is 2. The quantitative estimate of drug-likeness (QED) is 0.684. The first-order chi connectivity index (χ1) is 8.72. The Morgan fingerprint density at radius 2 is 1.80 bits per heavy atom. The molecular weight excluding hydrogens is 301 g/mol. The van der Waals surface area contributed by atoms with Gasteiger partial charge in [0.1, 0.15) is 0 Å². The Kier molecular flexibility index (Phi) is 8.73. The Morgan fingerprint density at radius 3 is 2.25 bits per heavy atom. The molecule has 0 saturated carbocycles. The van der Waals surface area contributed by atoms with E-state index in [1.807, 2.05) is 12.1 Å². The van der Waals surface area contributed by atoms with E-state index in [9.17, 15) is 10.1 Å². The average Bonchev–Trinajstić information content (AvgIpc) is 2.41. The summed E-state index contributed by atoms with van der Waals surface area (Å²) < 4.78 is 0. The Bertz CT molecular complexity index is 409. The fourth-order valence-corrected chi connectivity index (χ4v) is 2.52. The van der Waals surface area contributed by atoms with Crippen molar-refractivity contribution in [3.63, 3.8) is 0 Å². The zero-order valence-electron chi connectivity index (χ0n) is 11.4. The zero-order valence-corrected chi connectivity index (χ0v) is 13.1. The second kappa shape index (κ2) is 9.13. The minimum atomic E-state index is -0.352. The van der Waals surface area contributed by atoms with Crippen molar-refractivity contribution in [3.8, 4) is 0 Å². The zero-order chi connectivity index (χ0) is 13.0. The van der Waals surface area contributed by atoms with Crippen molar-refractivity contribution in [1.29, 1.82) is 0 Å². The molecule has 20 heavy (non-hydrogen) atoms. The lowest BCUT2D eigenvalue weighted by Crippen LogP contribution is -2.45. The first-order valence-electron chi connectivity index (χ1n) is 6.41. The monoisotopic (exact) mass is 321 g/mol. The van der Waals surface area contributed by atoms with Crippen LogP contribution in [-0.2, 0) is 0 Å². The van der Waals surface area contributed by atoms with Crippen molar-refractivity contribution in [2.24, 2.45) is 0 Å². The van der Waals surface area contributed by atoms with Crippen molar-refractivity contribution >= 4 is 30.5 Å². The van der Waals surface area contributed by atoms with Crippen LogP contribution in [0.3, 0.4) is 0 Å². The van der Waals surface area contributed by atoms with E-state index in [1.165, 1.54) is 5.56 Å². The normalized spacial score (nSPS) is 16.6. The highest BCUT2D eigenvalue weighted by atomic mass is 35.5. The van der Waals surface area contributed by atoms with Crippen LogP contribution in [0.25, 0.3) is 0 Å². The van der Waals surface area contributed by atoms with E-state index < -0.39 is 0 Å². The van der Waals surface area contributed by atoms with Gasteiger partial charge in [0.05, 0.1) is 4.92 Å². The van der Waals surface area contributed by atoms with Gasteiger partial charge in [0.25, 0.3) is 5.69 Å². The molecule has 0 aromatic heterocycles. The number of rotatable bonds is 4.